The summed E-state index contributed by atoms with van der Waals surface area (Å²) in [5, 5.41) is 38.5. The monoisotopic (exact) mass is 1370 g/mol. The summed E-state index contributed by atoms with van der Waals surface area (Å²) in [5.74, 6) is 0. The van der Waals surface area contributed by atoms with Crippen molar-refractivity contribution in [3.05, 3.63) is 368 Å². The van der Waals surface area contributed by atoms with Crippen LogP contribution in [0.5, 0.6) is 0 Å². The van der Waals surface area contributed by atoms with Crippen LogP contribution in [0.1, 0.15) is 0 Å². The lowest BCUT2D eigenvalue weighted by Gasteiger charge is -2.18. The van der Waals surface area contributed by atoms with Crippen molar-refractivity contribution < 1.29 is 18.9 Å². The highest BCUT2D eigenvalue weighted by molar-refractivity contribution is 9.10. The van der Waals surface area contributed by atoms with Gasteiger partial charge in [0.1, 0.15) is 22.3 Å². The lowest BCUT2D eigenvalue weighted by molar-refractivity contribution is 0.426. The Balaban J connectivity index is 0.000000119. The first kappa shape index (κ1) is 61.9. The smallest absolute Gasteiger partial charge is 0.456 e. The van der Waals surface area contributed by atoms with Crippen LogP contribution in [-0.4, -0.2) is 17.2 Å². The second kappa shape index (κ2) is 26.4. The summed E-state index contributed by atoms with van der Waals surface area (Å²) < 4.78 is 13.5. The number of benzene rings is 18. The summed E-state index contributed by atoms with van der Waals surface area (Å²) in [6.07, 6.45) is 0. The molecule has 0 spiro atoms. The van der Waals surface area contributed by atoms with Crippen LogP contribution in [0.3, 0.4) is 0 Å². The van der Waals surface area contributed by atoms with E-state index in [0.717, 1.165) is 75.6 Å². The fraction of sp³-hybridized carbons (Fsp3) is 0. The molecule has 480 valence electrons. The molecule has 0 aliphatic carbocycles. The molecule has 0 saturated carbocycles. The minimum atomic E-state index is -1.53. The largest absolute Gasteiger partial charge is 0.489 e. The van der Waals surface area contributed by atoms with E-state index in [1.165, 1.54) is 115 Å². The van der Waals surface area contributed by atoms with Gasteiger partial charge in [-0.3, -0.25) is 0 Å². The zero-order valence-electron chi connectivity index (χ0n) is 55.3. The van der Waals surface area contributed by atoms with Crippen LogP contribution in [0.2, 0.25) is 0 Å². The summed E-state index contributed by atoms with van der Waals surface area (Å²) in [6.45, 7) is 0. The molecule has 0 bridgehead atoms. The topological polar surface area (TPSA) is 66.7 Å². The van der Waals surface area contributed by atoms with Gasteiger partial charge in [-0.25, -0.2) is 0 Å². The van der Waals surface area contributed by atoms with Gasteiger partial charge in [-0.1, -0.05) is 313 Å². The Morgan fingerprint density at radius 3 is 0.892 bits per heavy atom. The maximum Gasteiger partial charge on any atom is 0.489 e. The van der Waals surface area contributed by atoms with Gasteiger partial charge in [-0.2, -0.15) is 0 Å². The maximum absolute atomic E-state index is 10.1. The molecule has 20 rings (SSSR count). The Kier molecular flexibility index (Phi) is 16.0. The van der Waals surface area contributed by atoms with E-state index in [1.54, 1.807) is 0 Å². The van der Waals surface area contributed by atoms with Gasteiger partial charge in [0, 0.05) is 26.0 Å². The zero-order chi connectivity index (χ0) is 68.2. The molecule has 4 nitrogen and oxygen atoms in total. The summed E-state index contributed by atoms with van der Waals surface area (Å²) in [4.78, 5) is 0. The number of hydrogen-bond donors (Lipinski definition) is 2. The Morgan fingerprint density at radius 1 is 0.196 bits per heavy atom. The van der Waals surface area contributed by atoms with Gasteiger partial charge in [0.15, 0.2) is 0 Å². The van der Waals surface area contributed by atoms with Gasteiger partial charge in [-0.05, 0) is 215 Å². The second-order valence-corrected chi connectivity index (χ2v) is 27.0. The molecule has 0 atom stereocenters. The molecular formula is C96H62BBrO4. The van der Waals surface area contributed by atoms with Gasteiger partial charge in [0.05, 0.1) is 0 Å². The number of rotatable bonds is 8. The number of halogens is 1. The molecule has 0 aliphatic rings. The van der Waals surface area contributed by atoms with Crippen molar-refractivity contribution in [2.24, 2.45) is 0 Å². The highest BCUT2D eigenvalue weighted by Gasteiger charge is 2.23. The fourth-order valence-corrected chi connectivity index (χ4v) is 15.6. The first-order valence-electron chi connectivity index (χ1n) is 34.4. The van der Waals surface area contributed by atoms with E-state index < -0.39 is 7.12 Å². The normalized spacial score (nSPS) is 11.5. The number of fused-ring (bicyclic) bond motifs is 12. The predicted molar refractivity (Wildman–Crippen MR) is 434 cm³/mol. The quantitative estimate of drug-likeness (QED) is 0.118. The van der Waals surface area contributed by atoms with Crippen molar-refractivity contribution in [2.75, 3.05) is 0 Å². The summed E-state index contributed by atoms with van der Waals surface area (Å²) in [6, 6.07) is 128. The predicted octanol–water partition coefficient (Wildman–Crippen LogP) is 25.9. The molecule has 0 unspecified atom stereocenters. The Bertz CT molecular complexity index is 6480. The van der Waals surface area contributed by atoms with Crippen molar-refractivity contribution in [3.8, 4) is 77.9 Å². The first-order valence-corrected chi connectivity index (χ1v) is 35.2. The standard InChI is InChI=1S/C48H30O.C26H19BO2.C22H13BrO/c1-2-11-31(12-3-1)32-21-23-33(24-22-32)47-39-17-6-8-19-41(39)48(42-20-9-7-18-40(42)47)38-16-10-15-34(27-38)37-25-26-45-43(29-37)44-28-35-13-4-5-14-36(35)30-46(44)49-45;28-27(29)26-23-12-6-4-10-21(23)25(22-11-5-7-13-24(22)26)20-16-14-19(15-17-20)18-8-2-1-3-9-18;23-18-7-3-6-14(10-18)17-8-9-21-19(12-17)20-11-15-4-1-2-5-16(15)13-22(20)24-21/h1-30H;1-17,28-29H;1-13H. The third kappa shape index (κ3) is 11.4. The highest BCUT2D eigenvalue weighted by Crippen LogP contribution is 2.46. The molecule has 2 N–H and O–H groups in total. The molecule has 0 fully saturated rings. The lowest BCUT2D eigenvalue weighted by atomic mass is 9.72. The molecule has 18 aromatic carbocycles. The number of hydrogen-bond acceptors (Lipinski definition) is 4. The minimum absolute atomic E-state index is 0.556. The molecule has 0 saturated heterocycles. The molecule has 0 aliphatic heterocycles. The van der Waals surface area contributed by atoms with Gasteiger partial charge in [0.25, 0.3) is 0 Å². The van der Waals surface area contributed by atoms with Crippen LogP contribution < -0.4 is 5.46 Å². The molecule has 6 heteroatoms. The average Bonchev–Trinajstić information content (AvgIpc) is 0.938. The van der Waals surface area contributed by atoms with Crippen LogP contribution in [0.25, 0.3) is 186 Å². The number of furan rings is 2. The van der Waals surface area contributed by atoms with E-state index in [9.17, 15) is 10.0 Å². The molecular weight excluding hydrogens is 1310 g/mol. The maximum atomic E-state index is 10.1. The van der Waals surface area contributed by atoms with Gasteiger partial charge in [-0.15, -0.1) is 0 Å². The first-order chi connectivity index (χ1) is 50.3. The molecule has 2 aromatic heterocycles. The van der Waals surface area contributed by atoms with Crippen molar-refractivity contribution in [3.63, 3.8) is 0 Å². The van der Waals surface area contributed by atoms with Crippen molar-refractivity contribution >= 4 is 137 Å². The lowest BCUT2D eigenvalue weighted by Crippen LogP contribution is -2.31. The van der Waals surface area contributed by atoms with Crippen LogP contribution in [-0.2, 0) is 0 Å². The van der Waals surface area contributed by atoms with Gasteiger partial charge in [0.2, 0.25) is 0 Å². The Hall–Kier alpha value is -12.4. The van der Waals surface area contributed by atoms with E-state index in [1.807, 2.05) is 72.8 Å². The van der Waals surface area contributed by atoms with Gasteiger partial charge < -0.3 is 18.9 Å². The van der Waals surface area contributed by atoms with Crippen LogP contribution in [0.15, 0.2) is 377 Å². The van der Waals surface area contributed by atoms with E-state index in [0.29, 0.717) is 5.46 Å². The SMILES string of the molecule is Brc1cccc(-c2ccc3oc4cc5ccccc5cc4c3c2)c1.OB(O)c1c2ccccc2c(-c2ccc(-c3ccccc3)cc2)c2ccccc12.c1ccc(-c2ccc(-c3c4ccccc4c(-c4cccc(-c5ccc6oc7cc8ccccc8cc7c6c5)c4)c4ccccc34)cc2)cc1. The van der Waals surface area contributed by atoms with Crippen molar-refractivity contribution in [1.82, 2.24) is 0 Å². The van der Waals surface area contributed by atoms with Gasteiger partial charge >= 0.3 is 7.12 Å². The third-order valence-corrected chi connectivity index (χ3v) is 20.5. The summed E-state index contributed by atoms with van der Waals surface area (Å²) >= 11 is 3.55. The van der Waals surface area contributed by atoms with E-state index in [4.69, 9.17) is 8.83 Å². The fourth-order valence-electron chi connectivity index (χ4n) is 15.2. The minimum Gasteiger partial charge on any atom is -0.456 e. The van der Waals surface area contributed by atoms with E-state index in [-0.39, 0.29) is 0 Å². The second-order valence-electron chi connectivity index (χ2n) is 26.1. The zero-order valence-corrected chi connectivity index (χ0v) is 56.9. The highest BCUT2D eigenvalue weighted by atomic mass is 79.9. The van der Waals surface area contributed by atoms with E-state index in [2.05, 4.69) is 307 Å². The summed E-state index contributed by atoms with van der Waals surface area (Å²) in [5.41, 5.74) is 21.0. The molecule has 2 heterocycles. The summed E-state index contributed by atoms with van der Waals surface area (Å²) in [7, 11) is -1.53. The van der Waals surface area contributed by atoms with Crippen LogP contribution in [0.4, 0.5) is 0 Å². The Morgan fingerprint density at radius 2 is 0.480 bits per heavy atom. The average molecular weight is 1370 g/mol. The van der Waals surface area contributed by atoms with Crippen LogP contribution >= 0.6 is 15.9 Å². The van der Waals surface area contributed by atoms with Crippen molar-refractivity contribution in [1.29, 1.82) is 0 Å². The third-order valence-electron chi connectivity index (χ3n) is 20.0. The molecule has 0 amide bonds. The molecule has 20 aromatic rings. The van der Waals surface area contributed by atoms with E-state index >= 15 is 0 Å². The van der Waals surface area contributed by atoms with Crippen LogP contribution in [0, 0.1) is 0 Å². The molecule has 102 heavy (non-hydrogen) atoms. The molecule has 0 radical (unpaired) electrons. The van der Waals surface area contributed by atoms with Crippen molar-refractivity contribution in [2.45, 2.75) is 0 Å². The Labute approximate surface area is 598 Å².